The van der Waals surface area contributed by atoms with Crippen LogP contribution in [-0.4, -0.2) is 32.0 Å². The van der Waals surface area contributed by atoms with Crippen LogP contribution in [0.4, 0.5) is 11.6 Å². The van der Waals surface area contributed by atoms with Crippen LogP contribution in [0.2, 0.25) is 0 Å². The van der Waals surface area contributed by atoms with Gasteiger partial charge >= 0.3 is 5.97 Å². The number of aromatic amines is 1. The van der Waals surface area contributed by atoms with Crippen LogP contribution in [0.5, 0.6) is 0 Å². The number of unbranched alkanes of at least 4 members (excludes halogenated alkanes) is 1. The summed E-state index contributed by atoms with van der Waals surface area (Å²) in [6.45, 7) is 1.95. The Labute approximate surface area is 130 Å². The van der Waals surface area contributed by atoms with Crippen LogP contribution in [0, 0.1) is 10.1 Å². The minimum Gasteiger partial charge on any atom is -0.480 e. The van der Waals surface area contributed by atoms with Gasteiger partial charge in [-0.05, 0) is 12.5 Å². The second-order valence-corrected chi connectivity index (χ2v) is 5.05. The van der Waals surface area contributed by atoms with Crippen LogP contribution >= 0.6 is 0 Å². The quantitative estimate of drug-likeness (QED) is 0.523. The molecule has 9 nitrogen and oxygen atoms in total. The third-order valence-corrected chi connectivity index (χ3v) is 3.36. The van der Waals surface area contributed by atoms with Gasteiger partial charge in [0.2, 0.25) is 5.95 Å². The summed E-state index contributed by atoms with van der Waals surface area (Å²) in [6, 6.07) is 2.87. The number of anilines is 1. The Balaban J connectivity index is 2.35. The summed E-state index contributed by atoms with van der Waals surface area (Å²) in [5, 5.41) is 22.7. The Hall–Kier alpha value is -2.97. The van der Waals surface area contributed by atoms with Crippen molar-refractivity contribution in [1.29, 1.82) is 0 Å². The molecule has 0 radical (unpaired) electrons. The van der Waals surface area contributed by atoms with Crippen LogP contribution < -0.4 is 10.9 Å². The van der Waals surface area contributed by atoms with Crippen molar-refractivity contribution < 1.29 is 14.8 Å². The van der Waals surface area contributed by atoms with E-state index in [1.54, 1.807) is 0 Å². The maximum Gasteiger partial charge on any atom is 0.326 e. The molecule has 0 saturated heterocycles. The van der Waals surface area contributed by atoms with Gasteiger partial charge in [-0.1, -0.05) is 19.8 Å². The molecule has 122 valence electrons. The van der Waals surface area contributed by atoms with Gasteiger partial charge in [0.05, 0.1) is 15.8 Å². The van der Waals surface area contributed by atoms with Crippen molar-refractivity contribution in [2.24, 2.45) is 0 Å². The van der Waals surface area contributed by atoms with E-state index in [2.05, 4.69) is 15.3 Å². The predicted molar refractivity (Wildman–Crippen MR) is 83.6 cm³/mol. The summed E-state index contributed by atoms with van der Waals surface area (Å²) in [6.07, 6.45) is 1.96. The van der Waals surface area contributed by atoms with Gasteiger partial charge in [0.25, 0.3) is 11.2 Å². The number of aromatic nitrogens is 2. The Kier molecular flexibility index (Phi) is 4.89. The van der Waals surface area contributed by atoms with Crippen LogP contribution in [0.15, 0.2) is 23.0 Å². The van der Waals surface area contributed by atoms with E-state index in [9.17, 15) is 24.8 Å². The van der Waals surface area contributed by atoms with Crippen molar-refractivity contribution in [3.8, 4) is 0 Å². The molecule has 1 aromatic carbocycles. The molecule has 0 spiro atoms. The minimum atomic E-state index is -1.04. The predicted octanol–water partition coefficient (Wildman–Crippen LogP) is 1.89. The Bertz CT molecular complexity index is 801. The number of nitrogens with one attached hydrogen (secondary N) is 2. The number of carboxylic acids is 1. The van der Waals surface area contributed by atoms with Crippen LogP contribution in [0.1, 0.15) is 26.2 Å². The lowest BCUT2D eigenvalue weighted by Crippen LogP contribution is -2.31. The van der Waals surface area contributed by atoms with Gasteiger partial charge in [0, 0.05) is 12.1 Å². The van der Waals surface area contributed by atoms with E-state index in [0.29, 0.717) is 12.8 Å². The number of nitrogens with zero attached hydrogens (tertiary/aromatic N) is 2. The average Bonchev–Trinajstić information content (AvgIpc) is 2.50. The largest absolute Gasteiger partial charge is 0.480 e. The van der Waals surface area contributed by atoms with Gasteiger partial charge in [0.15, 0.2) is 0 Å². The third-order valence-electron chi connectivity index (χ3n) is 3.36. The molecule has 3 N–H and O–H groups in total. The lowest BCUT2D eigenvalue weighted by atomic mass is 10.1. The highest BCUT2D eigenvalue weighted by Crippen LogP contribution is 2.17. The molecule has 0 aliphatic rings. The van der Waals surface area contributed by atoms with Crippen LogP contribution in [0.25, 0.3) is 10.9 Å². The number of non-ortho nitro benzene ring substituents is 1. The van der Waals surface area contributed by atoms with E-state index in [0.717, 1.165) is 12.5 Å². The summed E-state index contributed by atoms with van der Waals surface area (Å²) in [5.74, 6) is -1.01. The highest BCUT2D eigenvalue weighted by molar-refractivity contribution is 5.82. The van der Waals surface area contributed by atoms with E-state index in [1.165, 1.54) is 12.1 Å². The molecule has 0 saturated carbocycles. The zero-order chi connectivity index (χ0) is 17.0. The highest BCUT2D eigenvalue weighted by atomic mass is 16.6. The molecule has 1 heterocycles. The molecule has 0 fully saturated rings. The second kappa shape index (κ2) is 6.86. The molecule has 0 unspecified atom stereocenters. The second-order valence-electron chi connectivity index (χ2n) is 5.05. The van der Waals surface area contributed by atoms with Crippen molar-refractivity contribution in [2.75, 3.05) is 5.32 Å². The molecule has 23 heavy (non-hydrogen) atoms. The van der Waals surface area contributed by atoms with E-state index in [-0.39, 0.29) is 22.5 Å². The van der Waals surface area contributed by atoms with Gasteiger partial charge in [-0.2, -0.15) is 0 Å². The fourth-order valence-corrected chi connectivity index (χ4v) is 2.14. The fourth-order valence-electron chi connectivity index (χ4n) is 2.14. The number of nitro benzene ring substituents is 1. The summed E-state index contributed by atoms with van der Waals surface area (Å²) in [7, 11) is 0. The molecule has 2 rings (SSSR count). The lowest BCUT2D eigenvalue weighted by Gasteiger charge is -2.14. The number of hydrogen-bond donors (Lipinski definition) is 3. The molecule has 1 aromatic heterocycles. The summed E-state index contributed by atoms with van der Waals surface area (Å²) in [4.78, 5) is 39.9. The van der Waals surface area contributed by atoms with Crippen molar-refractivity contribution in [3.05, 3.63) is 38.7 Å². The van der Waals surface area contributed by atoms with E-state index in [4.69, 9.17) is 0 Å². The molecule has 9 heteroatoms. The maximum absolute atomic E-state index is 12.0. The maximum atomic E-state index is 12.0. The number of rotatable bonds is 7. The van der Waals surface area contributed by atoms with Gasteiger partial charge in [0.1, 0.15) is 6.04 Å². The smallest absolute Gasteiger partial charge is 0.326 e. The number of carbonyl (C=O) groups is 1. The number of aliphatic carboxylic acids is 1. The van der Waals surface area contributed by atoms with E-state index >= 15 is 0 Å². The van der Waals surface area contributed by atoms with Crippen molar-refractivity contribution >= 4 is 28.5 Å². The zero-order valence-corrected chi connectivity index (χ0v) is 12.4. The lowest BCUT2D eigenvalue weighted by molar-refractivity contribution is -0.384. The number of nitro groups is 1. The summed E-state index contributed by atoms with van der Waals surface area (Å²) >= 11 is 0. The van der Waals surface area contributed by atoms with Crippen LogP contribution in [0.3, 0.4) is 0 Å². The van der Waals surface area contributed by atoms with Crippen LogP contribution in [-0.2, 0) is 4.79 Å². The molecule has 0 bridgehead atoms. The first-order valence-electron chi connectivity index (χ1n) is 7.10. The normalized spacial score (nSPS) is 12.0. The van der Waals surface area contributed by atoms with E-state index in [1.807, 2.05) is 6.92 Å². The SMILES string of the molecule is CCCC[C@H](Nc1nc2ccc([N+](=O)[O-])cc2c(=O)[nH]1)C(=O)O. The first-order valence-corrected chi connectivity index (χ1v) is 7.10. The number of carboxylic acid groups (broad SMARTS) is 1. The Morgan fingerprint density at radius 1 is 1.52 bits per heavy atom. The fraction of sp³-hybridized carbons (Fsp3) is 0.357. The highest BCUT2D eigenvalue weighted by Gasteiger charge is 2.18. The molecule has 2 aromatic rings. The molecule has 0 aliphatic carbocycles. The topological polar surface area (TPSA) is 138 Å². The molecular weight excluding hydrogens is 304 g/mol. The summed E-state index contributed by atoms with van der Waals surface area (Å²) < 4.78 is 0. The number of H-pyrrole nitrogens is 1. The van der Waals surface area contributed by atoms with E-state index < -0.39 is 22.5 Å². The molecule has 0 amide bonds. The van der Waals surface area contributed by atoms with Crippen molar-refractivity contribution in [3.63, 3.8) is 0 Å². The monoisotopic (exact) mass is 320 g/mol. The standard InChI is InChI=1S/C14H16N4O5/c1-2-3-4-11(13(20)21)16-14-15-10-6-5-8(18(22)23)7-9(10)12(19)17-14/h5-7,11H,2-4H2,1H3,(H,20,21)(H2,15,16,17,19)/t11-/m0/s1. The van der Waals surface area contributed by atoms with Gasteiger partial charge < -0.3 is 10.4 Å². The van der Waals surface area contributed by atoms with Crippen molar-refractivity contribution in [2.45, 2.75) is 32.2 Å². The van der Waals surface area contributed by atoms with Crippen molar-refractivity contribution in [1.82, 2.24) is 9.97 Å². The first-order chi connectivity index (χ1) is 10.9. The number of fused-ring (bicyclic) bond motifs is 1. The number of hydrogen-bond acceptors (Lipinski definition) is 6. The molecular formula is C14H16N4O5. The summed E-state index contributed by atoms with van der Waals surface area (Å²) in [5.41, 5.74) is -0.529. The van der Waals surface area contributed by atoms with Gasteiger partial charge in [-0.3, -0.25) is 19.9 Å². The zero-order valence-electron chi connectivity index (χ0n) is 12.4. The molecule has 0 aliphatic heterocycles. The number of benzene rings is 1. The van der Waals surface area contributed by atoms with Gasteiger partial charge in [-0.25, -0.2) is 9.78 Å². The minimum absolute atomic E-state index is 0.0276. The molecule has 1 atom stereocenters. The Morgan fingerprint density at radius 2 is 2.26 bits per heavy atom. The third kappa shape index (κ3) is 3.82. The first kappa shape index (κ1) is 16.4. The average molecular weight is 320 g/mol. The van der Waals surface area contributed by atoms with Gasteiger partial charge in [-0.15, -0.1) is 0 Å². The Morgan fingerprint density at radius 3 is 2.87 bits per heavy atom.